The van der Waals surface area contributed by atoms with E-state index in [2.05, 4.69) is 22.1 Å². The fraction of sp³-hybridized carbons (Fsp3) is 0.364. The van der Waals surface area contributed by atoms with Gasteiger partial charge in [-0.05, 0) is 45.2 Å². The SMILES string of the molecule is CC(C)n1nc(-c2ccnn2-c2ccccc2C(=O)N2CCN(C)CC2)ccc1=O. The van der Waals surface area contributed by atoms with Crippen molar-refractivity contribution in [1.82, 2.24) is 29.4 Å². The van der Waals surface area contributed by atoms with Gasteiger partial charge in [0.25, 0.3) is 11.5 Å². The number of rotatable bonds is 4. The van der Waals surface area contributed by atoms with Crippen LogP contribution in [0.1, 0.15) is 30.2 Å². The zero-order valence-corrected chi connectivity index (χ0v) is 17.5. The standard InChI is InChI=1S/C22H26N6O2/c1-16(2)27-21(29)9-8-18(24-27)20-10-11-23-28(20)19-7-5-4-6-17(19)22(30)26-14-12-25(3)13-15-26/h4-11,16H,12-15H2,1-3H3. The zero-order valence-electron chi connectivity index (χ0n) is 17.5. The third kappa shape index (κ3) is 3.78. The Kier molecular flexibility index (Phi) is 5.50. The van der Waals surface area contributed by atoms with Crippen LogP contribution in [0.2, 0.25) is 0 Å². The summed E-state index contributed by atoms with van der Waals surface area (Å²) in [4.78, 5) is 29.5. The molecule has 30 heavy (non-hydrogen) atoms. The molecule has 0 radical (unpaired) electrons. The van der Waals surface area contributed by atoms with Crippen LogP contribution < -0.4 is 5.56 Å². The van der Waals surface area contributed by atoms with Crippen LogP contribution in [0.15, 0.2) is 53.5 Å². The summed E-state index contributed by atoms with van der Waals surface area (Å²) < 4.78 is 3.18. The smallest absolute Gasteiger partial charge is 0.267 e. The number of amides is 1. The predicted octanol–water partition coefficient (Wildman–Crippen LogP) is 2.06. The van der Waals surface area contributed by atoms with Gasteiger partial charge in [0, 0.05) is 32.2 Å². The quantitative estimate of drug-likeness (QED) is 0.663. The minimum atomic E-state index is -0.148. The van der Waals surface area contributed by atoms with Crippen LogP contribution in [0.3, 0.4) is 0 Å². The molecule has 2 aromatic heterocycles. The molecule has 8 heteroatoms. The molecule has 4 rings (SSSR count). The molecule has 0 unspecified atom stereocenters. The van der Waals surface area contributed by atoms with E-state index in [1.54, 1.807) is 16.9 Å². The Morgan fingerprint density at radius 2 is 1.73 bits per heavy atom. The van der Waals surface area contributed by atoms with Gasteiger partial charge in [0.15, 0.2) is 0 Å². The van der Waals surface area contributed by atoms with Crippen LogP contribution in [0.25, 0.3) is 17.1 Å². The Bertz CT molecular complexity index is 1110. The summed E-state index contributed by atoms with van der Waals surface area (Å²) in [6.07, 6.45) is 1.68. The van der Waals surface area contributed by atoms with E-state index in [0.29, 0.717) is 30.0 Å². The van der Waals surface area contributed by atoms with Gasteiger partial charge in [0.2, 0.25) is 0 Å². The first-order chi connectivity index (χ1) is 14.5. The summed E-state index contributed by atoms with van der Waals surface area (Å²) in [5.74, 6) is 0.000241. The molecular formula is C22H26N6O2. The molecule has 1 aliphatic heterocycles. The highest BCUT2D eigenvalue weighted by Gasteiger charge is 2.24. The van der Waals surface area contributed by atoms with Gasteiger partial charge in [0.05, 0.1) is 29.2 Å². The Morgan fingerprint density at radius 3 is 2.47 bits per heavy atom. The lowest BCUT2D eigenvalue weighted by atomic mass is 10.1. The Hall–Kier alpha value is -3.26. The minimum absolute atomic E-state index is 0.000241. The molecule has 3 aromatic rings. The summed E-state index contributed by atoms with van der Waals surface area (Å²) >= 11 is 0. The highest BCUT2D eigenvalue weighted by molar-refractivity contribution is 5.98. The summed E-state index contributed by atoms with van der Waals surface area (Å²) in [5, 5.41) is 8.99. The van der Waals surface area contributed by atoms with Gasteiger partial charge in [-0.2, -0.15) is 10.2 Å². The van der Waals surface area contributed by atoms with E-state index < -0.39 is 0 Å². The Morgan fingerprint density at radius 1 is 1.00 bits per heavy atom. The van der Waals surface area contributed by atoms with Crippen LogP contribution in [-0.2, 0) is 0 Å². The van der Waals surface area contributed by atoms with E-state index in [0.717, 1.165) is 18.8 Å². The van der Waals surface area contributed by atoms with Crippen molar-refractivity contribution in [3.8, 4) is 17.1 Å². The van der Waals surface area contributed by atoms with Gasteiger partial charge < -0.3 is 9.80 Å². The molecule has 1 aromatic carbocycles. The van der Waals surface area contributed by atoms with Crippen LogP contribution in [-0.4, -0.2) is 68.5 Å². The van der Waals surface area contributed by atoms with Crippen molar-refractivity contribution < 1.29 is 4.79 Å². The number of aromatic nitrogens is 4. The number of likely N-dealkylation sites (N-methyl/N-ethyl adjacent to an activating group) is 1. The predicted molar refractivity (Wildman–Crippen MR) is 115 cm³/mol. The molecule has 8 nitrogen and oxygen atoms in total. The summed E-state index contributed by atoms with van der Waals surface area (Å²) in [6.45, 7) is 6.97. The van der Waals surface area contributed by atoms with Gasteiger partial charge in [-0.25, -0.2) is 9.36 Å². The summed E-state index contributed by atoms with van der Waals surface area (Å²) in [7, 11) is 2.06. The van der Waals surface area contributed by atoms with Crippen molar-refractivity contribution in [2.24, 2.45) is 0 Å². The van der Waals surface area contributed by atoms with Gasteiger partial charge in [0.1, 0.15) is 5.69 Å². The largest absolute Gasteiger partial charge is 0.336 e. The third-order valence-electron chi connectivity index (χ3n) is 5.37. The highest BCUT2D eigenvalue weighted by Crippen LogP contribution is 2.24. The van der Waals surface area contributed by atoms with Crippen molar-refractivity contribution in [2.45, 2.75) is 19.9 Å². The van der Waals surface area contributed by atoms with Gasteiger partial charge in [-0.15, -0.1) is 0 Å². The molecule has 0 aliphatic carbocycles. The zero-order chi connectivity index (χ0) is 21.3. The fourth-order valence-corrected chi connectivity index (χ4v) is 3.64. The first-order valence-corrected chi connectivity index (χ1v) is 10.2. The van der Waals surface area contributed by atoms with E-state index in [4.69, 9.17) is 0 Å². The molecule has 3 heterocycles. The normalized spacial score (nSPS) is 15.0. The third-order valence-corrected chi connectivity index (χ3v) is 5.37. The maximum atomic E-state index is 13.3. The second-order valence-corrected chi connectivity index (χ2v) is 7.84. The van der Waals surface area contributed by atoms with Crippen molar-refractivity contribution in [1.29, 1.82) is 0 Å². The van der Waals surface area contributed by atoms with E-state index in [1.165, 1.54) is 10.7 Å². The van der Waals surface area contributed by atoms with Crippen molar-refractivity contribution in [2.75, 3.05) is 33.2 Å². The van der Waals surface area contributed by atoms with Crippen molar-refractivity contribution in [3.05, 3.63) is 64.6 Å². The fourth-order valence-electron chi connectivity index (χ4n) is 3.64. The second kappa shape index (κ2) is 8.23. The lowest BCUT2D eigenvalue weighted by Crippen LogP contribution is -2.47. The van der Waals surface area contributed by atoms with Gasteiger partial charge >= 0.3 is 0 Å². The van der Waals surface area contributed by atoms with E-state index in [9.17, 15) is 9.59 Å². The Labute approximate surface area is 175 Å². The maximum Gasteiger partial charge on any atom is 0.267 e. The molecule has 0 atom stereocenters. The van der Waals surface area contributed by atoms with Gasteiger partial charge in [-0.1, -0.05) is 12.1 Å². The molecule has 156 valence electrons. The first kappa shape index (κ1) is 20.0. The molecule has 1 saturated heterocycles. The van der Waals surface area contributed by atoms with Gasteiger partial charge in [-0.3, -0.25) is 9.59 Å². The number of carbonyl (C=O) groups is 1. The number of carbonyl (C=O) groups excluding carboxylic acids is 1. The number of para-hydroxylation sites is 1. The molecule has 0 N–H and O–H groups in total. The van der Waals surface area contributed by atoms with Crippen LogP contribution in [0.5, 0.6) is 0 Å². The molecule has 0 saturated carbocycles. The number of hydrogen-bond acceptors (Lipinski definition) is 5. The van der Waals surface area contributed by atoms with Crippen LogP contribution in [0, 0.1) is 0 Å². The van der Waals surface area contributed by atoms with Crippen molar-refractivity contribution >= 4 is 5.91 Å². The number of nitrogens with zero attached hydrogens (tertiary/aromatic N) is 6. The first-order valence-electron chi connectivity index (χ1n) is 10.2. The molecule has 0 bridgehead atoms. The van der Waals surface area contributed by atoms with E-state index in [1.807, 2.05) is 49.1 Å². The number of hydrogen-bond donors (Lipinski definition) is 0. The Balaban J connectivity index is 1.74. The minimum Gasteiger partial charge on any atom is -0.336 e. The second-order valence-electron chi connectivity index (χ2n) is 7.84. The molecule has 1 aliphatic rings. The monoisotopic (exact) mass is 406 g/mol. The molecule has 1 amide bonds. The maximum absolute atomic E-state index is 13.3. The topological polar surface area (TPSA) is 76.3 Å². The average molecular weight is 406 g/mol. The molecule has 1 fully saturated rings. The van der Waals surface area contributed by atoms with E-state index >= 15 is 0 Å². The highest BCUT2D eigenvalue weighted by atomic mass is 16.2. The summed E-state index contributed by atoms with van der Waals surface area (Å²) in [6, 6.07) is 12.5. The van der Waals surface area contributed by atoms with Crippen LogP contribution in [0.4, 0.5) is 0 Å². The molecular weight excluding hydrogens is 380 g/mol. The lowest BCUT2D eigenvalue weighted by molar-refractivity contribution is 0.0664. The lowest BCUT2D eigenvalue weighted by Gasteiger charge is -2.32. The van der Waals surface area contributed by atoms with Crippen molar-refractivity contribution in [3.63, 3.8) is 0 Å². The molecule has 0 spiro atoms. The average Bonchev–Trinajstić information content (AvgIpc) is 3.23. The summed E-state index contributed by atoms with van der Waals surface area (Å²) in [5.41, 5.74) is 2.51. The number of piperazine rings is 1. The number of benzene rings is 1. The van der Waals surface area contributed by atoms with E-state index in [-0.39, 0.29) is 17.5 Å². The van der Waals surface area contributed by atoms with Crippen LogP contribution >= 0.6 is 0 Å².